The van der Waals surface area contributed by atoms with Gasteiger partial charge in [0.15, 0.2) is 0 Å². The summed E-state index contributed by atoms with van der Waals surface area (Å²) in [5, 5.41) is 2.68. The van der Waals surface area contributed by atoms with Crippen molar-refractivity contribution in [3.05, 3.63) is 0 Å². The minimum Gasteiger partial charge on any atom is -0.453 e. The monoisotopic (exact) mass is 291 g/mol. The Hall–Kier alpha value is -0.593. The van der Waals surface area contributed by atoms with Crippen LogP contribution >= 0.6 is 0 Å². The van der Waals surface area contributed by atoms with E-state index in [9.17, 15) is 4.79 Å². The fraction of sp³-hybridized carbons (Fsp3) is 0.923. The van der Waals surface area contributed by atoms with Crippen LogP contribution in [0.3, 0.4) is 0 Å². The second-order valence-corrected chi connectivity index (χ2v) is 7.97. The topological polar surface area (TPSA) is 56.8 Å². The molecule has 0 heterocycles. The Labute approximate surface area is 118 Å². The predicted molar refractivity (Wildman–Crippen MR) is 78.6 cm³/mol. The molecular formula is C13H29NO4Si. The van der Waals surface area contributed by atoms with Crippen molar-refractivity contribution in [3.8, 4) is 0 Å². The van der Waals surface area contributed by atoms with Gasteiger partial charge in [-0.15, -0.1) is 0 Å². The Morgan fingerprint density at radius 2 is 1.68 bits per heavy atom. The summed E-state index contributed by atoms with van der Waals surface area (Å²) in [6, 6.07) is 2.03. The van der Waals surface area contributed by atoms with Crippen molar-refractivity contribution in [2.75, 3.05) is 26.9 Å². The summed E-state index contributed by atoms with van der Waals surface area (Å²) < 4.78 is 16.3. The number of unbranched alkanes of at least 4 members (excludes halogenated alkanes) is 2. The molecular weight excluding hydrogens is 262 g/mol. The van der Waals surface area contributed by atoms with Gasteiger partial charge >= 0.3 is 14.7 Å². The Balaban J connectivity index is 3.83. The van der Waals surface area contributed by atoms with E-state index in [-0.39, 0.29) is 6.09 Å². The van der Waals surface area contributed by atoms with Gasteiger partial charge in [-0.1, -0.05) is 19.8 Å². The lowest BCUT2D eigenvalue weighted by Crippen LogP contribution is -2.41. The first-order valence-electron chi connectivity index (χ1n) is 7.23. The van der Waals surface area contributed by atoms with Gasteiger partial charge in [-0.3, -0.25) is 0 Å². The van der Waals surface area contributed by atoms with E-state index in [1.165, 1.54) is 7.11 Å². The molecule has 0 saturated heterocycles. The van der Waals surface area contributed by atoms with Crippen LogP contribution in [0.5, 0.6) is 0 Å². The lowest BCUT2D eigenvalue weighted by molar-refractivity contribution is 0.170. The molecule has 0 aromatic carbocycles. The van der Waals surface area contributed by atoms with Crippen molar-refractivity contribution >= 4 is 14.7 Å². The van der Waals surface area contributed by atoms with Gasteiger partial charge in [0.05, 0.1) is 7.11 Å². The number of hydrogen-bond donors (Lipinski definition) is 1. The number of amides is 1. The van der Waals surface area contributed by atoms with Gasteiger partial charge in [0.25, 0.3) is 0 Å². The lowest BCUT2D eigenvalue weighted by Gasteiger charge is -2.28. The zero-order valence-electron chi connectivity index (χ0n) is 12.8. The van der Waals surface area contributed by atoms with Crippen LogP contribution in [0.1, 0.15) is 40.0 Å². The van der Waals surface area contributed by atoms with E-state index in [4.69, 9.17) is 8.85 Å². The number of rotatable bonds is 11. The van der Waals surface area contributed by atoms with Crippen LogP contribution in [0.15, 0.2) is 0 Å². The number of ether oxygens (including phenoxy) is 1. The Morgan fingerprint density at radius 1 is 1.05 bits per heavy atom. The molecule has 0 aliphatic heterocycles. The number of hydrogen-bond acceptors (Lipinski definition) is 4. The smallest absolute Gasteiger partial charge is 0.406 e. The molecule has 1 amide bonds. The van der Waals surface area contributed by atoms with Crippen molar-refractivity contribution in [2.45, 2.75) is 52.1 Å². The highest BCUT2D eigenvalue weighted by atomic mass is 28.4. The van der Waals surface area contributed by atoms with E-state index in [0.717, 1.165) is 44.6 Å². The molecule has 0 aromatic rings. The first-order valence-corrected chi connectivity index (χ1v) is 9.46. The molecule has 0 radical (unpaired) electrons. The SMILES string of the molecule is CCO[Si](CC)(CCCCCNC(=O)OC)OCC. The second kappa shape index (κ2) is 11.3. The first kappa shape index (κ1) is 18.4. The number of carbonyl (C=O) groups excluding carboxylic acids is 1. The van der Waals surface area contributed by atoms with Crippen LogP contribution in [0.2, 0.25) is 12.1 Å². The molecule has 0 aliphatic rings. The molecule has 1 N–H and O–H groups in total. The van der Waals surface area contributed by atoms with Gasteiger partial charge in [0.2, 0.25) is 0 Å². The third-order valence-electron chi connectivity index (χ3n) is 3.04. The Morgan fingerprint density at radius 3 is 2.16 bits per heavy atom. The van der Waals surface area contributed by atoms with Gasteiger partial charge in [-0.2, -0.15) is 0 Å². The van der Waals surface area contributed by atoms with Gasteiger partial charge in [-0.25, -0.2) is 4.79 Å². The van der Waals surface area contributed by atoms with Gasteiger partial charge < -0.3 is 18.9 Å². The van der Waals surface area contributed by atoms with E-state index in [2.05, 4.69) is 17.0 Å². The lowest BCUT2D eigenvalue weighted by atomic mass is 10.2. The summed E-state index contributed by atoms with van der Waals surface area (Å²) in [6.45, 7) is 8.31. The fourth-order valence-electron chi connectivity index (χ4n) is 2.05. The third kappa shape index (κ3) is 8.23. The van der Waals surface area contributed by atoms with Crippen LogP contribution in [0, 0.1) is 0 Å². The van der Waals surface area contributed by atoms with Gasteiger partial charge in [0.1, 0.15) is 0 Å². The van der Waals surface area contributed by atoms with Crippen LogP contribution in [-0.4, -0.2) is 41.5 Å². The predicted octanol–water partition coefficient (Wildman–Crippen LogP) is 3.05. The summed E-state index contributed by atoms with van der Waals surface area (Å²) in [6.07, 6.45) is 2.75. The van der Waals surface area contributed by atoms with E-state index in [0.29, 0.717) is 6.54 Å². The van der Waals surface area contributed by atoms with Crippen LogP contribution in [0.4, 0.5) is 4.79 Å². The maximum absolute atomic E-state index is 10.9. The number of nitrogens with one attached hydrogen (secondary N) is 1. The quantitative estimate of drug-likeness (QED) is 0.469. The van der Waals surface area contributed by atoms with Crippen molar-refractivity contribution in [3.63, 3.8) is 0 Å². The van der Waals surface area contributed by atoms with E-state index in [1.54, 1.807) is 0 Å². The highest BCUT2D eigenvalue weighted by Gasteiger charge is 2.33. The minimum absolute atomic E-state index is 0.360. The summed E-state index contributed by atoms with van der Waals surface area (Å²) in [5.41, 5.74) is 0. The molecule has 5 nitrogen and oxygen atoms in total. The molecule has 114 valence electrons. The fourth-order valence-corrected chi connectivity index (χ4v) is 5.03. The third-order valence-corrected chi connectivity index (χ3v) is 6.86. The molecule has 0 spiro atoms. The largest absolute Gasteiger partial charge is 0.453 e. The standard InChI is InChI=1S/C13H29NO4Si/c1-5-17-19(7-3,18-6-2)12-10-8-9-11-14-13(15)16-4/h5-12H2,1-4H3,(H,14,15). The average Bonchev–Trinajstić information content (AvgIpc) is 2.42. The normalized spacial score (nSPS) is 11.4. The molecule has 0 aliphatic carbocycles. The Kier molecular flexibility index (Phi) is 10.9. The van der Waals surface area contributed by atoms with Crippen molar-refractivity contribution in [1.82, 2.24) is 5.32 Å². The maximum Gasteiger partial charge on any atom is 0.406 e. The zero-order valence-corrected chi connectivity index (χ0v) is 13.8. The summed E-state index contributed by atoms with van der Waals surface area (Å²) >= 11 is 0. The highest BCUT2D eigenvalue weighted by molar-refractivity contribution is 6.67. The molecule has 19 heavy (non-hydrogen) atoms. The number of methoxy groups -OCH3 is 1. The number of carbonyl (C=O) groups is 1. The summed E-state index contributed by atoms with van der Waals surface area (Å²) in [5.74, 6) is 0. The number of alkyl carbamates (subject to hydrolysis) is 1. The van der Waals surface area contributed by atoms with E-state index < -0.39 is 8.56 Å². The van der Waals surface area contributed by atoms with Crippen LogP contribution < -0.4 is 5.32 Å². The van der Waals surface area contributed by atoms with E-state index >= 15 is 0 Å². The van der Waals surface area contributed by atoms with E-state index in [1.807, 2.05) is 13.8 Å². The van der Waals surface area contributed by atoms with Crippen molar-refractivity contribution in [1.29, 1.82) is 0 Å². The first-order chi connectivity index (χ1) is 9.14. The molecule has 0 atom stereocenters. The molecule has 0 unspecified atom stereocenters. The van der Waals surface area contributed by atoms with Crippen LogP contribution in [0.25, 0.3) is 0 Å². The Bertz CT molecular complexity index is 233. The molecule has 0 rings (SSSR count). The molecule has 0 bridgehead atoms. The second-order valence-electron chi connectivity index (χ2n) is 4.36. The maximum atomic E-state index is 10.9. The highest BCUT2D eigenvalue weighted by Crippen LogP contribution is 2.22. The molecule has 0 saturated carbocycles. The molecule has 0 fully saturated rings. The van der Waals surface area contributed by atoms with Gasteiger partial charge in [-0.05, 0) is 32.4 Å². The summed E-state index contributed by atoms with van der Waals surface area (Å²) in [4.78, 5) is 10.9. The molecule has 0 aromatic heterocycles. The summed E-state index contributed by atoms with van der Waals surface area (Å²) in [7, 11) is -0.595. The van der Waals surface area contributed by atoms with Crippen LogP contribution in [-0.2, 0) is 13.6 Å². The molecule has 6 heteroatoms. The zero-order chi connectivity index (χ0) is 14.6. The average molecular weight is 291 g/mol. The minimum atomic E-state index is -1.97. The van der Waals surface area contributed by atoms with Gasteiger partial charge in [0, 0.05) is 19.8 Å². The van der Waals surface area contributed by atoms with Crippen molar-refractivity contribution < 1.29 is 18.4 Å². The van der Waals surface area contributed by atoms with Crippen molar-refractivity contribution in [2.24, 2.45) is 0 Å².